The number of ether oxygens (including phenoxy) is 1. The predicted octanol–water partition coefficient (Wildman–Crippen LogP) is 4.89. The number of methoxy groups -OCH3 is 1. The molecule has 0 saturated carbocycles. The molecule has 2 amide bonds. The second-order valence-electron chi connectivity index (χ2n) is 11.0. The Bertz CT molecular complexity index is 1660. The van der Waals surface area contributed by atoms with E-state index in [1.165, 1.54) is 4.31 Å². The van der Waals surface area contributed by atoms with E-state index in [2.05, 4.69) is 10.3 Å². The third-order valence-corrected chi connectivity index (χ3v) is 9.86. The third kappa shape index (κ3) is 8.14. The van der Waals surface area contributed by atoms with Crippen molar-refractivity contribution < 1.29 is 22.7 Å². The van der Waals surface area contributed by atoms with Crippen molar-refractivity contribution in [3.8, 4) is 5.75 Å². The van der Waals surface area contributed by atoms with Gasteiger partial charge in [0, 0.05) is 45.0 Å². The number of hydrogen-bond acceptors (Lipinski definition) is 6. The van der Waals surface area contributed by atoms with Crippen LogP contribution >= 0.6 is 0 Å². The van der Waals surface area contributed by atoms with Crippen molar-refractivity contribution in [2.24, 2.45) is 0 Å². The van der Waals surface area contributed by atoms with Gasteiger partial charge in [0.25, 0.3) is 0 Å². The van der Waals surface area contributed by atoms with Crippen LogP contribution in [0.15, 0.2) is 108 Å². The molecular weight excluding hydrogens is 588 g/mol. The zero-order chi connectivity index (χ0) is 31.6. The summed E-state index contributed by atoms with van der Waals surface area (Å²) in [6.07, 6.45) is 5.64. The number of carbonyl (C=O) groups excluding carboxylic acids is 2. The maximum Gasteiger partial charge on any atom is 0.247 e. The molecule has 2 heterocycles. The molecule has 1 atom stereocenters. The van der Waals surface area contributed by atoms with Gasteiger partial charge in [-0.05, 0) is 71.8 Å². The molecule has 5 rings (SSSR count). The van der Waals surface area contributed by atoms with Crippen molar-refractivity contribution >= 4 is 21.8 Å². The van der Waals surface area contributed by atoms with E-state index in [4.69, 9.17) is 4.74 Å². The average molecular weight is 627 g/mol. The lowest BCUT2D eigenvalue weighted by molar-refractivity contribution is -0.141. The van der Waals surface area contributed by atoms with Crippen LogP contribution < -0.4 is 10.1 Å². The van der Waals surface area contributed by atoms with Crippen molar-refractivity contribution in [1.82, 2.24) is 19.5 Å². The van der Waals surface area contributed by atoms with Gasteiger partial charge in [0.1, 0.15) is 11.8 Å². The highest BCUT2D eigenvalue weighted by atomic mass is 32.2. The van der Waals surface area contributed by atoms with Crippen molar-refractivity contribution in [3.63, 3.8) is 0 Å². The van der Waals surface area contributed by atoms with Crippen molar-refractivity contribution in [2.75, 3.05) is 20.2 Å². The molecule has 9 nitrogen and oxygen atoms in total. The molecule has 4 aromatic rings. The Labute approximate surface area is 264 Å². The first-order chi connectivity index (χ1) is 21.8. The van der Waals surface area contributed by atoms with Gasteiger partial charge in [-0.3, -0.25) is 14.6 Å². The number of nitrogens with zero attached hydrogens (tertiary/aromatic N) is 3. The second-order valence-corrected chi connectivity index (χ2v) is 13.0. The lowest BCUT2D eigenvalue weighted by Gasteiger charge is -2.32. The van der Waals surface area contributed by atoms with Crippen LogP contribution in [-0.2, 0) is 39.1 Å². The van der Waals surface area contributed by atoms with Gasteiger partial charge >= 0.3 is 0 Å². The number of amides is 2. The maximum atomic E-state index is 14.0. The number of sulfonamides is 1. The molecule has 1 aromatic heterocycles. The molecule has 0 aliphatic carbocycles. The monoisotopic (exact) mass is 626 g/mol. The summed E-state index contributed by atoms with van der Waals surface area (Å²) >= 11 is 0. The number of carbonyl (C=O) groups is 2. The lowest BCUT2D eigenvalue weighted by atomic mass is 10.0. The number of aromatic nitrogens is 1. The SMILES string of the molecule is COc1ccc(CN(C(=O)CCc2ccc(S(=O)(=O)N3CCCC3)cc2)[C@@H](C(=O)NCc2cccnc2)c2ccccc2)cc1. The second kappa shape index (κ2) is 15.0. The van der Waals surface area contributed by atoms with Gasteiger partial charge in [-0.1, -0.05) is 60.7 Å². The summed E-state index contributed by atoms with van der Waals surface area (Å²) in [5.41, 5.74) is 3.23. The first-order valence-corrected chi connectivity index (χ1v) is 16.5. The minimum Gasteiger partial charge on any atom is -0.497 e. The largest absolute Gasteiger partial charge is 0.497 e. The molecule has 1 fully saturated rings. The highest BCUT2D eigenvalue weighted by molar-refractivity contribution is 7.89. The zero-order valence-corrected chi connectivity index (χ0v) is 26.2. The van der Waals surface area contributed by atoms with E-state index in [-0.39, 0.29) is 36.2 Å². The van der Waals surface area contributed by atoms with Gasteiger partial charge in [0.05, 0.1) is 12.0 Å². The van der Waals surface area contributed by atoms with E-state index in [0.717, 1.165) is 29.5 Å². The minimum absolute atomic E-state index is 0.133. The Balaban J connectivity index is 1.38. The number of pyridine rings is 1. The minimum atomic E-state index is -3.52. The maximum absolute atomic E-state index is 14.0. The van der Waals surface area contributed by atoms with Gasteiger partial charge in [-0.25, -0.2) is 8.42 Å². The van der Waals surface area contributed by atoms with Crippen molar-refractivity contribution in [3.05, 3.63) is 126 Å². The van der Waals surface area contributed by atoms with Crippen LogP contribution in [0.5, 0.6) is 5.75 Å². The van der Waals surface area contributed by atoms with Crippen LogP contribution in [0.4, 0.5) is 0 Å². The summed E-state index contributed by atoms with van der Waals surface area (Å²) in [6.45, 7) is 1.56. The smallest absolute Gasteiger partial charge is 0.247 e. The molecule has 234 valence electrons. The molecule has 1 aliphatic heterocycles. The highest BCUT2D eigenvalue weighted by Gasteiger charge is 2.32. The Kier molecular flexibility index (Phi) is 10.6. The van der Waals surface area contributed by atoms with Gasteiger partial charge in [-0.15, -0.1) is 0 Å². The molecule has 45 heavy (non-hydrogen) atoms. The van der Waals surface area contributed by atoms with E-state index in [9.17, 15) is 18.0 Å². The molecule has 10 heteroatoms. The van der Waals surface area contributed by atoms with Gasteiger partial charge in [-0.2, -0.15) is 4.31 Å². The summed E-state index contributed by atoms with van der Waals surface area (Å²) in [6, 6.07) is 26.3. The van der Waals surface area contributed by atoms with Crippen molar-refractivity contribution in [1.29, 1.82) is 0 Å². The van der Waals surface area contributed by atoms with Gasteiger partial charge < -0.3 is 15.0 Å². The Morgan fingerprint density at radius 1 is 0.889 bits per heavy atom. The number of hydrogen-bond donors (Lipinski definition) is 1. The Morgan fingerprint density at radius 3 is 2.22 bits per heavy atom. The average Bonchev–Trinajstić information content (AvgIpc) is 3.64. The van der Waals surface area contributed by atoms with Crippen molar-refractivity contribution in [2.45, 2.75) is 49.7 Å². The predicted molar refractivity (Wildman–Crippen MR) is 172 cm³/mol. The quantitative estimate of drug-likeness (QED) is 0.226. The molecule has 1 N–H and O–H groups in total. The highest BCUT2D eigenvalue weighted by Crippen LogP contribution is 2.27. The van der Waals surface area contributed by atoms with Gasteiger partial charge in [0.15, 0.2) is 0 Å². The molecular formula is C35H38N4O5S. The third-order valence-electron chi connectivity index (χ3n) is 7.95. The number of benzene rings is 3. The topological polar surface area (TPSA) is 109 Å². The van der Waals surface area contributed by atoms with Crippen LogP contribution in [0.25, 0.3) is 0 Å². The van der Waals surface area contributed by atoms with Crippen LogP contribution in [0, 0.1) is 0 Å². The van der Waals surface area contributed by atoms with Crippen LogP contribution in [0.2, 0.25) is 0 Å². The number of nitrogens with one attached hydrogen (secondary N) is 1. The Morgan fingerprint density at radius 2 is 1.58 bits per heavy atom. The lowest BCUT2D eigenvalue weighted by Crippen LogP contribution is -2.43. The summed E-state index contributed by atoms with van der Waals surface area (Å²) in [5, 5.41) is 3.00. The van der Waals surface area contributed by atoms with E-state index in [1.54, 1.807) is 48.7 Å². The van der Waals surface area contributed by atoms with E-state index in [1.807, 2.05) is 66.7 Å². The molecule has 0 unspecified atom stereocenters. The summed E-state index contributed by atoms with van der Waals surface area (Å²) < 4.78 is 32.7. The van der Waals surface area contributed by atoms with E-state index < -0.39 is 16.1 Å². The first kappa shape index (κ1) is 31.9. The molecule has 3 aromatic carbocycles. The molecule has 1 saturated heterocycles. The normalized spacial score (nSPS) is 14.1. The number of rotatable bonds is 13. The summed E-state index contributed by atoms with van der Waals surface area (Å²) in [7, 11) is -1.92. The summed E-state index contributed by atoms with van der Waals surface area (Å²) in [5.74, 6) is 0.189. The van der Waals surface area contributed by atoms with Gasteiger partial charge in [0.2, 0.25) is 21.8 Å². The fraction of sp³-hybridized carbons (Fsp3) is 0.286. The number of aryl methyl sites for hydroxylation is 1. The van der Waals surface area contributed by atoms with Crippen LogP contribution in [0.1, 0.15) is 47.6 Å². The summed E-state index contributed by atoms with van der Waals surface area (Å²) in [4.78, 5) is 33.9. The first-order valence-electron chi connectivity index (χ1n) is 15.1. The van der Waals surface area contributed by atoms with E-state index in [0.29, 0.717) is 30.8 Å². The molecule has 0 radical (unpaired) electrons. The Hall–Kier alpha value is -4.54. The fourth-order valence-corrected chi connectivity index (χ4v) is 6.97. The molecule has 0 spiro atoms. The van der Waals surface area contributed by atoms with E-state index >= 15 is 0 Å². The van der Waals surface area contributed by atoms with Crippen LogP contribution in [0.3, 0.4) is 0 Å². The standard InChI is InChI=1S/C35H38N4O5S/c1-44-31-16-11-28(12-17-31)26-39(34(30-9-3-2-4-10-30)35(41)37-25-29-8-7-21-36-24-29)33(40)20-15-27-13-18-32(19-14-27)45(42,43)38-22-5-6-23-38/h2-4,7-14,16-19,21,24,34H,5-6,15,20,22-23,25-26H2,1H3,(H,37,41)/t34-/m1/s1. The fourth-order valence-electron chi connectivity index (χ4n) is 5.45. The molecule has 0 bridgehead atoms. The van der Waals surface area contributed by atoms with Crippen LogP contribution in [-0.4, -0.2) is 54.6 Å². The molecule has 1 aliphatic rings. The zero-order valence-electron chi connectivity index (χ0n) is 25.3.